The molecule has 2 aromatic rings. The molecule has 1 aromatic carbocycles. The maximum Gasteiger partial charge on any atom is 0.253 e. The third-order valence-corrected chi connectivity index (χ3v) is 5.28. The molecule has 1 aromatic heterocycles. The molecule has 0 bridgehead atoms. The smallest absolute Gasteiger partial charge is 0.253 e. The number of amides is 1. The van der Waals surface area contributed by atoms with E-state index in [4.69, 9.17) is 4.74 Å². The average molecular weight is 370 g/mol. The van der Waals surface area contributed by atoms with Gasteiger partial charge in [-0.1, -0.05) is 6.42 Å². The van der Waals surface area contributed by atoms with Crippen LogP contribution in [-0.2, 0) is 4.74 Å². The molecule has 1 atom stereocenters. The third-order valence-electron chi connectivity index (χ3n) is 5.28. The lowest BCUT2D eigenvalue weighted by Crippen LogP contribution is -2.43. The SMILES string of the molecule is O=C(c1ccc(-n2cnnn2)cc1)N1CCCOC(CN2CCCCC2)C1. The van der Waals surface area contributed by atoms with Gasteiger partial charge in [0.05, 0.1) is 11.8 Å². The Morgan fingerprint density at radius 2 is 1.89 bits per heavy atom. The molecule has 8 nitrogen and oxygen atoms in total. The summed E-state index contributed by atoms with van der Waals surface area (Å²) in [7, 11) is 0. The number of hydrogen-bond acceptors (Lipinski definition) is 6. The van der Waals surface area contributed by atoms with Crippen LogP contribution in [0.2, 0.25) is 0 Å². The maximum absolute atomic E-state index is 13.0. The molecule has 3 heterocycles. The number of carbonyl (C=O) groups is 1. The minimum atomic E-state index is 0.0624. The van der Waals surface area contributed by atoms with E-state index in [0.717, 1.165) is 44.9 Å². The summed E-state index contributed by atoms with van der Waals surface area (Å²) in [5.74, 6) is 0.0624. The lowest BCUT2D eigenvalue weighted by atomic mass is 10.1. The molecule has 0 radical (unpaired) electrons. The Labute approximate surface area is 159 Å². The van der Waals surface area contributed by atoms with Crippen molar-refractivity contribution in [3.05, 3.63) is 36.2 Å². The zero-order valence-corrected chi connectivity index (χ0v) is 15.5. The van der Waals surface area contributed by atoms with Crippen LogP contribution >= 0.6 is 0 Å². The van der Waals surface area contributed by atoms with E-state index in [1.165, 1.54) is 25.6 Å². The van der Waals surface area contributed by atoms with Crippen LogP contribution in [0, 0.1) is 0 Å². The van der Waals surface area contributed by atoms with Crippen molar-refractivity contribution in [1.29, 1.82) is 0 Å². The quantitative estimate of drug-likeness (QED) is 0.809. The van der Waals surface area contributed by atoms with Gasteiger partial charge in [0, 0.05) is 31.8 Å². The Bertz CT molecular complexity index is 727. The Kier molecular flexibility index (Phi) is 5.74. The molecule has 2 aliphatic rings. The molecule has 8 heteroatoms. The van der Waals surface area contributed by atoms with Gasteiger partial charge in [-0.05, 0) is 67.0 Å². The van der Waals surface area contributed by atoms with E-state index >= 15 is 0 Å². The van der Waals surface area contributed by atoms with Gasteiger partial charge in [-0.2, -0.15) is 0 Å². The van der Waals surface area contributed by atoms with Crippen molar-refractivity contribution in [2.75, 3.05) is 39.3 Å². The second-order valence-electron chi connectivity index (χ2n) is 7.26. The highest BCUT2D eigenvalue weighted by Crippen LogP contribution is 2.16. The Hall–Kier alpha value is -2.32. The number of nitrogens with zero attached hydrogens (tertiary/aromatic N) is 6. The largest absolute Gasteiger partial charge is 0.375 e. The first kappa shape index (κ1) is 18.1. The lowest BCUT2D eigenvalue weighted by Gasteiger charge is -2.31. The molecule has 2 aliphatic heterocycles. The molecule has 0 aliphatic carbocycles. The van der Waals surface area contributed by atoms with Gasteiger partial charge in [0.1, 0.15) is 6.33 Å². The van der Waals surface area contributed by atoms with Crippen molar-refractivity contribution in [3.8, 4) is 5.69 Å². The van der Waals surface area contributed by atoms with Crippen LogP contribution in [0.3, 0.4) is 0 Å². The molecule has 1 unspecified atom stereocenters. The summed E-state index contributed by atoms with van der Waals surface area (Å²) in [5.41, 5.74) is 1.52. The van der Waals surface area contributed by atoms with Gasteiger partial charge in [-0.3, -0.25) is 4.79 Å². The number of likely N-dealkylation sites (tertiary alicyclic amines) is 1. The van der Waals surface area contributed by atoms with Crippen molar-refractivity contribution < 1.29 is 9.53 Å². The molecule has 2 fully saturated rings. The normalized spacial score (nSPS) is 21.8. The standard InChI is InChI=1S/C19H26N6O2/c26-19(16-5-7-17(8-6-16)25-15-20-21-22-25)24-11-4-12-27-18(14-24)13-23-9-2-1-3-10-23/h5-8,15,18H,1-4,9-14H2. The highest BCUT2D eigenvalue weighted by atomic mass is 16.5. The molecule has 0 N–H and O–H groups in total. The van der Waals surface area contributed by atoms with Crippen LogP contribution in [-0.4, -0.2) is 81.3 Å². The topological polar surface area (TPSA) is 76.4 Å². The van der Waals surface area contributed by atoms with Crippen molar-refractivity contribution in [1.82, 2.24) is 30.0 Å². The van der Waals surface area contributed by atoms with Crippen molar-refractivity contribution in [2.24, 2.45) is 0 Å². The average Bonchev–Trinajstić information content (AvgIpc) is 3.15. The summed E-state index contributed by atoms with van der Waals surface area (Å²) >= 11 is 0. The molecule has 27 heavy (non-hydrogen) atoms. The second kappa shape index (κ2) is 8.58. The lowest BCUT2D eigenvalue weighted by molar-refractivity contribution is 0.0216. The number of hydrogen-bond donors (Lipinski definition) is 0. The fourth-order valence-electron chi connectivity index (χ4n) is 3.84. The van der Waals surface area contributed by atoms with Crippen LogP contribution in [0.15, 0.2) is 30.6 Å². The van der Waals surface area contributed by atoms with Gasteiger partial charge in [0.15, 0.2) is 0 Å². The van der Waals surface area contributed by atoms with Crippen LogP contribution in [0.5, 0.6) is 0 Å². The van der Waals surface area contributed by atoms with Gasteiger partial charge in [0.25, 0.3) is 5.91 Å². The van der Waals surface area contributed by atoms with Gasteiger partial charge in [-0.15, -0.1) is 5.10 Å². The number of piperidine rings is 1. The van der Waals surface area contributed by atoms with Crippen LogP contribution in [0.25, 0.3) is 5.69 Å². The molecule has 4 rings (SSSR count). The van der Waals surface area contributed by atoms with E-state index in [1.54, 1.807) is 4.68 Å². The highest BCUT2D eigenvalue weighted by Gasteiger charge is 2.25. The Morgan fingerprint density at radius 1 is 1.07 bits per heavy atom. The summed E-state index contributed by atoms with van der Waals surface area (Å²) in [6, 6.07) is 7.40. The fourth-order valence-corrected chi connectivity index (χ4v) is 3.84. The van der Waals surface area contributed by atoms with E-state index in [-0.39, 0.29) is 12.0 Å². The van der Waals surface area contributed by atoms with Gasteiger partial charge >= 0.3 is 0 Å². The number of tetrazole rings is 1. The first-order valence-corrected chi connectivity index (χ1v) is 9.76. The molecule has 2 saturated heterocycles. The summed E-state index contributed by atoms with van der Waals surface area (Å²) in [5, 5.41) is 11.1. The summed E-state index contributed by atoms with van der Waals surface area (Å²) < 4.78 is 7.60. The minimum Gasteiger partial charge on any atom is -0.375 e. The van der Waals surface area contributed by atoms with E-state index < -0.39 is 0 Å². The number of benzene rings is 1. The highest BCUT2D eigenvalue weighted by molar-refractivity contribution is 5.94. The molecule has 144 valence electrons. The van der Waals surface area contributed by atoms with Gasteiger partial charge < -0.3 is 14.5 Å². The molecular weight excluding hydrogens is 344 g/mol. The Morgan fingerprint density at radius 3 is 2.63 bits per heavy atom. The first-order valence-electron chi connectivity index (χ1n) is 9.76. The zero-order valence-electron chi connectivity index (χ0n) is 15.5. The van der Waals surface area contributed by atoms with Gasteiger partial charge in [0.2, 0.25) is 0 Å². The zero-order chi connectivity index (χ0) is 18.5. The van der Waals surface area contributed by atoms with Gasteiger partial charge in [-0.25, -0.2) is 4.68 Å². The minimum absolute atomic E-state index is 0.0624. The number of carbonyl (C=O) groups excluding carboxylic acids is 1. The first-order chi connectivity index (χ1) is 13.3. The van der Waals surface area contributed by atoms with Crippen LogP contribution < -0.4 is 0 Å². The number of aromatic nitrogens is 4. The summed E-state index contributed by atoms with van der Waals surface area (Å²) in [6.07, 6.45) is 6.37. The Balaban J connectivity index is 1.40. The van der Waals surface area contributed by atoms with E-state index in [2.05, 4.69) is 20.4 Å². The van der Waals surface area contributed by atoms with Crippen molar-refractivity contribution in [3.63, 3.8) is 0 Å². The molecule has 0 saturated carbocycles. The maximum atomic E-state index is 13.0. The molecular formula is C19H26N6O2. The van der Waals surface area contributed by atoms with E-state index in [9.17, 15) is 4.79 Å². The molecule has 0 spiro atoms. The fraction of sp³-hybridized carbons (Fsp3) is 0.579. The van der Waals surface area contributed by atoms with E-state index in [1.807, 2.05) is 29.2 Å². The predicted molar refractivity (Wildman–Crippen MR) is 99.7 cm³/mol. The van der Waals surface area contributed by atoms with E-state index in [0.29, 0.717) is 12.1 Å². The van der Waals surface area contributed by atoms with Crippen LogP contribution in [0.1, 0.15) is 36.0 Å². The van der Waals surface area contributed by atoms with Crippen molar-refractivity contribution in [2.45, 2.75) is 31.8 Å². The number of ether oxygens (including phenoxy) is 1. The predicted octanol–water partition coefficient (Wildman–Crippen LogP) is 1.38. The third kappa shape index (κ3) is 4.51. The summed E-state index contributed by atoms with van der Waals surface area (Å²) in [6.45, 7) is 5.33. The van der Waals surface area contributed by atoms with Crippen molar-refractivity contribution >= 4 is 5.91 Å². The monoisotopic (exact) mass is 370 g/mol. The van der Waals surface area contributed by atoms with Crippen LogP contribution in [0.4, 0.5) is 0 Å². The second-order valence-corrected chi connectivity index (χ2v) is 7.26. The molecule has 1 amide bonds. The number of rotatable bonds is 4. The summed E-state index contributed by atoms with van der Waals surface area (Å²) in [4.78, 5) is 17.4.